The number of thiazole rings is 1. The zero-order valence-electron chi connectivity index (χ0n) is 8.76. The Morgan fingerprint density at radius 2 is 2.50 bits per heavy atom. The molecule has 1 aliphatic heterocycles. The van der Waals surface area contributed by atoms with E-state index in [9.17, 15) is 0 Å². The van der Waals surface area contributed by atoms with E-state index in [0.717, 1.165) is 36.0 Å². The summed E-state index contributed by atoms with van der Waals surface area (Å²) in [7, 11) is 0. The van der Waals surface area contributed by atoms with Gasteiger partial charge >= 0.3 is 0 Å². The maximum atomic E-state index is 5.87. The van der Waals surface area contributed by atoms with Crippen LogP contribution in [0.25, 0.3) is 10.7 Å². The number of nitrogens with zero attached hydrogens (tertiary/aromatic N) is 3. The van der Waals surface area contributed by atoms with E-state index < -0.39 is 0 Å². The summed E-state index contributed by atoms with van der Waals surface area (Å²) in [6.45, 7) is 1.88. The summed E-state index contributed by atoms with van der Waals surface area (Å²) >= 11 is 1.61. The summed E-state index contributed by atoms with van der Waals surface area (Å²) < 4.78 is 0. The second-order valence-corrected chi connectivity index (χ2v) is 4.87. The molecule has 3 rings (SSSR count). The van der Waals surface area contributed by atoms with Gasteiger partial charge in [0.05, 0.1) is 5.69 Å². The summed E-state index contributed by atoms with van der Waals surface area (Å²) in [6, 6.07) is 2.32. The van der Waals surface area contributed by atoms with Gasteiger partial charge in [0, 0.05) is 36.8 Å². The highest BCUT2D eigenvalue weighted by Crippen LogP contribution is 2.25. The Balaban J connectivity index is 1.83. The molecule has 3 N–H and O–H groups in total. The molecular weight excluding hydrogens is 222 g/mol. The maximum absolute atomic E-state index is 5.87. The Bertz CT molecular complexity index is 463. The normalized spacial score (nSPS) is 20.6. The van der Waals surface area contributed by atoms with E-state index in [1.54, 1.807) is 17.5 Å². The molecule has 3 heterocycles. The number of aromatic amines is 1. The predicted octanol–water partition coefficient (Wildman–Crippen LogP) is 1.07. The predicted molar refractivity (Wildman–Crippen MR) is 64.5 cm³/mol. The number of nitrogens with two attached hydrogens (primary N) is 1. The van der Waals surface area contributed by atoms with Gasteiger partial charge in [-0.3, -0.25) is 5.10 Å². The molecule has 84 valence electrons. The lowest BCUT2D eigenvalue weighted by Crippen LogP contribution is -2.26. The summed E-state index contributed by atoms with van der Waals surface area (Å²) in [5.74, 6) is 0.971. The van der Waals surface area contributed by atoms with Crippen LogP contribution < -0.4 is 10.6 Å². The number of rotatable bonds is 2. The zero-order chi connectivity index (χ0) is 11.0. The van der Waals surface area contributed by atoms with Gasteiger partial charge in [-0.1, -0.05) is 0 Å². The smallest absolute Gasteiger partial charge is 0.151 e. The van der Waals surface area contributed by atoms with Crippen LogP contribution in [0.3, 0.4) is 0 Å². The van der Waals surface area contributed by atoms with Crippen molar-refractivity contribution in [2.45, 2.75) is 12.5 Å². The standard InChI is InChI=1S/C10H13N5S/c11-7-1-3-15(6-7)9-5-8(13-14-9)10-12-2-4-16-10/h2,4-5,7H,1,3,6,11H2,(H,13,14). The van der Waals surface area contributed by atoms with Crippen LogP contribution in [0.1, 0.15) is 6.42 Å². The Morgan fingerprint density at radius 1 is 1.56 bits per heavy atom. The molecule has 0 amide bonds. The van der Waals surface area contributed by atoms with Gasteiger partial charge in [-0.25, -0.2) is 4.98 Å². The van der Waals surface area contributed by atoms with Crippen molar-refractivity contribution in [2.75, 3.05) is 18.0 Å². The second-order valence-electron chi connectivity index (χ2n) is 3.97. The van der Waals surface area contributed by atoms with Crippen LogP contribution in [0, 0.1) is 0 Å². The van der Waals surface area contributed by atoms with E-state index in [-0.39, 0.29) is 6.04 Å². The van der Waals surface area contributed by atoms with Crippen molar-refractivity contribution in [3.05, 3.63) is 17.6 Å². The number of nitrogens with one attached hydrogen (secondary N) is 1. The molecule has 0 radical (unpaired) electrons. The van der Waals surface area contributed by atoms with E-state index in [0.29, 0.717) is 0 Å². The molecule has 0 saturated carbocycles. The Labute approximate surface area is 97.3 Å². The second kappa shape index (κ2) is 3.88. The number of anilines is 1. The molecular formula is C10H13N5S. The SMILES string of the molecule is NC1CCN(c2cc(-c3nccs3)[nH]n2)C1. The van der Waals surface area contributed by atoms with Crippen LogP contribution in [-0.4, -0.2) is 34.3 Å². The number of H-pyrrole nitrogens is 1. The summed E-state index contributed by atoms with van der Waals surface area (Å²) in [4.78, 5) is 6.45. The van der Waals surface area contributed by atoms with Crippen LogP contribution >= 0.6 is 11.3 Å². The van der Waals surface area contributed by atoms with Gasteiger partial charge in [0.1, 0.15) is 5.01 Å². The van der Waals surface area contributed by atoms with Crippen molar-refractivity contribution in [3.63, 3.8) is 0 Å². The lowest BCUT2D eigenvalue weighted by atomic mass is 10.3. The number of hydrogen-bond donors (Lipinski definition) is 2. The van der Waals surface area contributed by atoms with Crippen LogP contribution in [-0.2, 0) is 0 Å². The summed E-state index contributed by atoms with van der Waals surface area (Å²) in [6.07, 6.45) is 2.84. The Kier molecular flexibility index (Phi) is 2.37. The first-order chi connectivity index (χ1) is 7.83. The van der Waals surface area contributed by atoms with Crippen LogP contribution in [0.5, 0.6) is 0 Å². The van der Waals surface area contributed by atoms with E-state index in [4.69, 9.17) is 5.73 Å². The Hall–Kier alpha value is -1.40. The van der Waals surface area contributed by atoms with Gasteiger partial charge < -0.3 is 10.6 Å². The van der Waals surface area contributed by atoms with Crippen LogP contribution in [0.4, 0.5) is 5.82 Å². The quantitative estimate of drug-likeness (QED) is 0.817. The largest absolute Gasteiger partial charge is 0.354 e. The molecule has 0 aliphatic carbocycles. The highest BCUT2D eigenvalue weighted by atomic mass is 32.1. The third kappa shape index (κ3) is 1.70. The van der Waals surface area contributed by atoms with E-state index >= 15 is 0 Å². The average Bonchev–Trinajstić information content (AvgIpc) is 2.97. The number of aromatic nitrogens is 3. The topological polar surface area (TPSA) is 70.8 Å². The third-order valence-corrected chi connectivity index (χ3v) is 3.58. The van der Waals surface area contributed by atoms with Crippen molar-refractivity contribution in [1.29, 1.82) is 0 Å². The van der Waals surface area contributed by atoms with Crippen molar-refractivity contribution in [2.24, 2.45) is 5.73 Å². The van der Waals surface area contributed by atoms with E-state index in [2.05, 4.69) is 20.1 Å². The van der Waals surface area contributed by atoms with Crippen molar-refractivity contribution in [3.8, 4) is 10.7 Å². The molecule has 1 saturated heterocycles. The first kappa shape index (κ1) is 9.80. The third-order valence-electron chi connectivity index (χ3n) is 2.78. The first-order valence-corrected chi connectivity index (χ1v) is 6.17. The molecule has 6 heteroatoms. The highest BCUT2D eigenvalue weighted by molar-refractivity contribution is 7.13. The maximum Gasteiger partial charge on any atom is 0.151 e. The minimum Gasteiger partial charge on any atom is -0.354 e. The molecule has 0 bridgehead atoms. The monoisotopic (exact) mass is 235 g/mol. The van der Waals surface area contributed by atoms with Gasteiger partial charge in [0.25, 0.3) is 0 Å². The number of hydrogen-bond acceptors (Lipinski definition) is 5. The first-order valence-electron chi connectivity index (χ1n) is 5.29. The summed E-state index contributed by atoms with van der Waals surface area (Å²) in [5.41, 5.74) is 6.85. The highest BCUT2D eigenvalue weighted by Gasteiger charge is 2.21. The van der Waals surface area contributed by atoms with Crippen molar-refractivity contribution >= 4 is 17.2 Å². The molecule has 1 aliphatic rings. The summed E-state index contributed by atoms with van der Waals surface area (Å²) in [5, 5.41) is 10.3. The van der Waals surface area contributed by atoms with Crippen LogP contribution in [0.15, 0.2) is 17.6 Å². The van der Waals surface area contributed by atoms with Gasteiger partial charge in [0.2, 0.25) is 0 Å². The van der Waals surface area contributed by atoms with Gasteiger partial charge in [0.15, 0.2) is 5.82 Å². The Morgan fingerprint density at radius 3 is 3.19 bits per heavy atom. The van der Waals surface area contributed by atoms with Gasteiger partial charge in [-0.05, 0) is 6.42 Å². The fourth-order valence-corrected chi connectivity index (χ4v) is 2.54. The molecule has 1 unspecified atom stereocenters. The molecule has 2 aromatic rings. The average molecular weight is 235 g/mol. The minimum absolute atomic E-state index is 0.278. The van der Waals surface area contributed by atoms with E-state index in [1.807, 2.05) is 11.4 Å². The van der Waals surface area contributed by atoms with E-state index in [1.165, 1.54) is 0 Å². The molecule has 2 aromatic heterocycles. The molecule has 1 atom stereocenters. The molecule has 1 fully saturated rings. The minimum atomic E-state index is 0.278. The lowest BCUT2D eigenvalue weighted by Gasteiger charge is -2.13. The fraction of sp³-hybridized carbons (Fsp3) is 0.400. The molecule has 0 aromatic carbocycles. The molecule has 5 nitrogen and oxygen atoms in total. The van der Waals surface area contributed by atoms with Gasteiger partial charge in [-0.2, -0.15) is 5.10 Å². The molecule has 0 spiro atoms. The van der Waals surface area contributed by atoms with Crippen molar-refractivity contribution < 1.29 is 0 Å². The van der Waals surface area contributed by atoms with Crippen molar-refractivity contribution in [1.82, 2.24) is 15.2 Å². The van der Waals surface area contributed by atoms with Gasteiger partial charge in [-0.15, -0.1) is 11.3 Å². The van der Waals surface area contributed by atoms with Crippen LogP contribution in [0.2, 0.25) is 0 Å². The zero-order valence-corrected chi connectivity index (χ0v) is 9.57. The fourth-order valence-electron chi connectivity index (χ4n) is 1.93. The lowest BCUT2D eigenvalue weighted by molar-refractivity contribution is 0.751. The molecule has 16 heavy (non-hydrogen) atoms.